The topological polar surface area (TPSA) is 54.3 Å². The van der Waals surface area contributed by atoms with Crippen molar-refractivity contribution in [1.82, 2.24) is 14.5 Å². The molecule has 0 saturated carbocycles. The van der Waals surface area contributed by atoms with Crippen LogP contribution in [0.15, 0.2) is 41.7 Å². The highest BCUT2D eigenvalue weighted by Gasteiger charge is 2.24. The van der Waals surface area contributed by atoms with Crippen molar-refractivity contribution < 1.29 is 0 Å². The number of aryl methyl sites for hydroxylation is 1. The van der Waals surface area contributed by atoms with Crippen LogP contribution >= 0.6 is 0 Å². The zero-order chi connectivity index (χ0) is 14.8. The van der Waals surface area contributed by atoms with Gasteiger partial charge in [0.25, 0.3) is 5.56 Å². The van der Waals surface area contributed by atoms with Gasteiger partial charge in [-0.3, -0.25) is 9.78 Å². The van der Waals surface area contributed by atoms with Crippen LogP contribution in [0.4, 0.5) is 11.5 Å². The maximum atomic E-state index is 11.7. The van der Waals surface area contributed by atoms with E-state index in [0.29, 0.717) is 6.04 Å². The molecule has 0 aromatic carbocycles. The summed E-state index contributed by atoms with van der Waals surface area (Å²) in [6.45, 7) is 4.80. The van der Waals surface area contributed by atoms with Crippen molar-refractivity contribution in [3.63, 3.8) is 0 Å². The first kappa shape index (κ1) is 13.6. The first-order valence-electron chi connectivity index (χ1n) is 7.09. The maximum absolute atomic E-state index is 11.7. The molecule has 3 rings (SSSR count). The third-order valence-corrected chi connectivity index (χ3v) is 3.91. The molecule has 1 saturated heterocycles. The second-order valence-corrected chi connectivity index (χ2v) is 5.39. The van der Waals surface area contributed by atoms with Crippen LogP contribution in [0.3, 0.4) is 0 Å². The highest BCUT2D eigenvalue weighted by molar-refractivity contribution is 5.49. The summed E-state index contributed by atoms with van der Waals surface area (Å²) in [5.74, 6) is 0.763. The first-order chi connectivity index (χ1) is 10.1. The Balaban J connectivity index is 1.76. The van der Waals surface area contributed by atoms with E-state index in [1.807, 2.05) is 24.5 Å². The molecule has 1 fully saturated rings. The number of anilines is 2. The molecule has 1 aliphatic rings. The van der Waals surface area contributed by atoms with Crippen LogP contribution < -0.4 is 15.4 Å². The standard InChI is InChI=1S/C15H19N5O/c1-12-10-19(14-9-15(21)18(2)11-17-14)7-8-20(12)13-3-5-16-6-4-13/h3-6,9,11-12H,7-8,10H2,1-2H3. The Morgan fingerprint density at radius 1 is 1.24 bits per heavy atom. The summed E-state index contributed by atoms with van der Waals surface area (Å²) in [5, 5.41) is 0. The molecule has 21 heavy (non-hydrogen) atoms. The Morgan fingerprint density at radius 2 is 2.00 bits per heavy atom. The molecule has 1 aliphatic heterocycles. The van der Waals surface area contributed by atoms with Gasteiger partial charge >= 0.3 is 0 Å². The van der Waals surface area contributed by atoms with E-state index in [-0.39, 0.29) is 5.56 Å². The number of rotatable bonds is 2. The second-order valence-electron chi connectivity index (χ2n) is 5.39. The molecule has 2 aromatic rings. The molecule has 0 N–H and O–H groups in total. The summed E-state index contributed by atoms with van der Waals surface area (Å²) in [6, 6.07) is 6.02. The average molecular weight is 285 g/mol. The van der Waals surface area contributed by atoms with Gasteiger partial charge in [0.15, 0.2) is 0 Å². The molecule has 2 aromatic heterocycles. The Morgan fingerprint density at radius 3 is 2.67 bits per heavy atom. The predicted molar refractivity (Wildman–Crippen MR) is 82.7 cm³/mol. The molecule has 0 radical (unpaired) electrons. The Bertz CT molecular complexity index is 669. The van der Waals surface area contributed by atoms with Gasteiger partial charge in [-0.25, -0.2) is 4.98 Å². The maximum Gasteiger partial charge on any atom is 0.255 e. The molecule has 6 nitrogen and oxygen atoms in total. The van der Waals surface area contributed by atoms with Gasteiger partial charge < -0.3 is 14.4 Å². The van der Waals surface area contributed by atoms with Gasteiger partial charge in [-0.15, -0.1) is 0 Å². The number of hydrogen-bond donors (Lipinski definition) is 0. The second kappa shape index (κ2) is 5.55. The SMILES string of the molecule is CC1CN(c2cc(=O)n(C)cn2)CCN1c1ccncc1. The fourth-order valence-corrected chi connectivity index (χ4v) is 2.71. The van der Waals surface area contributed by atoms with Gasteiger partial charge in [0.2, 0.25) is 0 Å². The molecule has 1 atom stereocenters. The molecular formula is C15H19N5O. The zero-order valence-corrected chi connectivity index (χ0v) is 12.3. The van der Waals surface area contributed by atoms with Gasteiger partial charge in [0, 0.05) is 56.9 Å². The van der Waals surface area contributed by atoms with Gasteiger partial charge in [0.1, 0.15) is 5.82 Å². The number of aromatic nitrogens is 3. The lowest BCUT2D eigenvalue weighted by molar-refractivity contribution is 0.546. The van der Waals surface area contributed by atoms with Crippen LogP contribution in [0, 0.1) is 0 Å². The molecule has 3 heterocycles. The van der Waals surface area contributed by atoms with Crippen LogP contribution in [0.2, 0.25) is 0 Å². The summed E-state index contributed by atoms with van der Waals surface area (Å²) in [4.78, 5) is 24.7. The van der Waals surface area contributed by atoms with Crippen molar-refractivity contribution in [3.8, 4) is 0 Å². The van der Waals surface area contributed by atoms with Crippen LogP contribution in [-0.4, -0.2) is 40.2 Å². The predicted octanol–water partition coefficient (Wildman–Crippen LogP) is 0.890. The van der Waals surface area contributed by atoms with Gasteiger partial charge in [0.05, 0.1) is 6.33 Å². The van der Waals surface area contributed by atoms with Gasteiger partial charge in [-0.2, -0.15) is 0 Å². The van der Waals surface area contributed by atoms with Crippen molar-refractivity contribution >= 4 is 11.5 Å². The van der Waals surface area contributed by atoms with E-state index in [4.69, 9.17) is 0 Å². The van der Waals surface area contributed by atoms with Crippen LogP contribution in [0.5, 0.6) is 0 Å². The molecule has 0 bridgehead atoms. The number of nitrogens with zero attached hydrogens (tertiary/aromatic N) is 5. The van der Waals surface area contributed by atoms with Crippen molar-refractivity contribution in [2.45, 2.75) is 13.0 Å². The van der Waals surface area contributed by atoms with Crippen molar-refractivity contribution in [1.29, 1.82) is 0 Å². The summed E-state index contributed by atoms with van der Waals surface area (Å²) in [6.07, 6.45) is 5.21. The first-order valence-corrected chi connectivity index (χ1v) is 7.09. The van der Waals surface area contributed by atoms with E-state index < -0.39 is 0 Å². The number of piperazine rings is 1. The van der Waals surface area contributed by atoms with Crippen LogP contribution in [0.1, 0.15) is 6.92 Å². The molecule has 110 valence electrons. The monoisotopic (exact) mass is 285 g/mol. The van der Waals surface area contributed by atoms with Crippen molar-refractivity contribution in [2.24, 2.45) is 7.05 Å². The lowest BCUT2D eigenvalue weighted by atomic mass is 10.1. The van der Waals surface area contributed by atoms with Gasteiger partial charge in [-0.05, 0) is 19.1 Å². The summed E-state index contributed by atoms with van der Waals surface area (Å²) < 4.78 is 1.49. The fourth-order valence-electron chi connectivity index (χ4n) is 2.71. The third-order valence-electron chi connectivity index (χ3n) is 3.91. The minimum atomic E-state index is -0.0239. The summed E-state index contributed by atoms with van der Waals surface area (Å²) >= 11 is 0. The number of pyridine rings is 1. The van der Waals surface area contributed by atoms with E-state index in [0.717, 1.165) is 25.5 Å². The molecule has 0 amide bonds. The molecule has 0 aliphatic carbocycles. The van der Waals surface area contributed by atoms with E-state index in [1.165, 1.54) is 10.3 Å². The highest BCUT2D eigenvalue weighted by Crippen LogP contribution is 2.21. The van der Waals surface area contributed by atoms with Crippen molar-refractivity contribution in [3.05, 3.63) is 47.3 Å². The highest BCUT2D eigenvalue weighted by atomic mass is 16.1. The Hall–Kier alpha value is -2.37. The largest absolute Gasteiger partial charge is 0.365 e. The summed E-state index contributed by atoms with van der Waals surface area (Å²) in [5.41, 5.74) is 1.17. The van der Waals surface area contributed by atoms with E-state index in [9.17, 15) is 4.79 Å². The Labute approximate surface area is 123 Å². The normalized spacial score (nSPS) is 18.9. The average Bonchev–Trinajstić information content (AvgIpc) is 2.51. The third kappa shape index (κ3) is 2.74. The van der Waals surface area contributed by atoms with Crippen molar-refractivity contribution in [2.75, 3.05) is 29.4 Å². The lowest BCUT2D eigenvalue weighted by Crippen LogP contribution is -2.52. The number of hydrogen-bond acceptors (Lipinski definition) is 5. The minimum absolute atomic E-state index is 0.0239. The van der Waals surface area contributed by atoms with Gasteiger partial charge in [-0.1, -0.05) is 0 Å². The van der Waals surface area contributed by atoms with E-state index >= 15 is 0 Å². The van der Waals surface area contributed by atoms with Crippen LogP contribution in [0.25, 0.3) is 0 Å². The Kier molecular flexibility index (Phi) is 3.60. The molecule has 1 unspecified atom stereocenters. The summed E-state index contributed by atoms with van der Waals surface area (Å²) in [7, 11) is 1.71. The van der Waals surface area contributed by atoms with E-state index in [1.54, 1.807) is 19.4 Å². The minimum Gasteiger partial charge on any atom is -0.365 e. The fraction of sp³-hybridized carbons (Fsp3) is 0.400. The smallest absolute Gasteiger partial charge is 0.255 e. The molecule has 0 spiro atoms. The van der Waals surface area contributed by atoms with E-state index in [2.05, 4.69) is 26.7 Å². The molecular weight excluding hydrogens is 266 g/mol. The molecule has 6 heteroatoms. The lowest BCUT2D eigenvalue weighted by Gasteiger charge is -2.41. The zero-order valence-electron chi connectivity index (χ0n) is 12.3. The quantitative estimate of drug-likeness (QED) is 0.820. The van der Waals surface area contributed by atoms with Crippen LogP contribution in [-0.2, 0) is 7.05 Å².